The monoisotopic (exact) mass is 614 g/mol. The zero-order chi connectivity index (χ0) is 29.4. The van der Waals surface area contributed by atoms with Gasteiger partial charge >= 0.3 is 5.97 Å². The molecule has 0 atom stereocenters. The molecule has 220 valence electrons. The minimum absolute atomic E-state index is 0.279. The Balaban J connectivity index is 1.64. The highest BCUT2D eigenvalue weighted by molar-refractivity contribution is 7.16. The fraction of sp³-hybridized carbons (Fsp3) is 0.464. The number of methoxy groups -OCH3 is 1. The molecule has 0 aliphatic carbocycles. The average molecular weight is 615 g/mol. The van der Waals surface area contributed by atoms with E-state index in [2.05, 4.69) is 51.5 Å². The standard InChI is InChI=1S/C28H38N6O4S2Si/c1-7-38-26(35)21-18-39-27(29-21)33(13-10-14-36-3)24-17-20(2)25(32-31-24)30-28-34(19-37-15-16-41(4,5)6)22-11-8-9-12-23(22)40-28/h8-9,11-12,17-18H,7,10,13-16,19H2,1-6H3. The third-order valence-corrected chi connectivity index (χ3v) is 9.79. The van der Waals surface area contributed by atoms with Crippen molar-refractivity contribution in [2.24, 2.45) is 4.99 Å². The Morgan fingerprint density at radius 3 is 2.71 bits per heavy atom. The quantitative estimate of drug-likeness (QED) is 0.0946. The first-order valence-electron chi connectivity index (χ1n) is 13.6. The summed E-state index contributed by atoms with van der Waals surface area (Å²) in [6.07, 6.45) is 0.747. The van der Waals surface area contributed by atoms with Gasteiger partial charge in [0.2, 0.25) is 0 Å². The van der Waals surface area contributed by atoms with Crippen LogP contribution in [0.3, 0.4) is 0 Å². The molecule has 4 rings (SSSR count). The second-order valence-electron chi connectivity index (χ2n) is 10.7. The third-order valence-electron chi connectivity index (χ3n) is 6.17. The van der Waals surface area contributed by atoms with Crippen molar-refractivity contribution in [1.29, 1.82) is 0 Å². The minimum atomic E-state index is -1.18. The van der Waals surface area contributed by atoms with Gasteiger partial charge < -0.3 is 19.1 Å². The molecule has 0 radical (unpaired) electrons. The van der Waals surface area contributed by atoms with Gasteiger partial charge in [0.25, 0.3) is 0 Å². The number of nitrogens with zero attached hydrogens (tertiary/aromatic N) is 6. The number of anilines is 2. The summed E-state index contributed by atoms with van der Waals surface area (Å²) in [7, 11) is 0.487. The van der Waals surface area contributed by atoms with Gasteiger partial charge in [0, 0.05) is 40.3 Å². The Morgan fingerprint density at radius 2 is 1.98 bits per heavy atom. The maximum atomic E-state index is 12.2. The molecule has 0 bridgehead atoms. The van der Waals surface area contributed by atoms with Gasteiger partial charge in [-0.1, -0.05) is 43.1 Å². The van der Waals surface area contributed by atoms with E-state index in [9.17, 15) is 4.79 Å². The maximum absolute atomic E-state index is 12.2. The molecule has 0 saturated heterocycles. The molecule has 0 aliphatic heterocycles. The molecule has 3 aromatic heterocycles. The van der Waals surface area contributed by atoms with E-state index < -0.39 is 14.0 Å². The van der Waals surface area contributed by atoms with Gasteiger partial charge in [-0.3, -0.25) is 4.57 Å². The number of hydrogen-bond donors (Lipinski definition) is 0. The summed E-state index contributed by atoms with van der Waals surface area (Å²) in [5, 5.41) is 11.4. The van der Waals surface area contributed by atoms with Gasteiger partial charge in [-0.25, -0.2) is 9.78 Å². The predicted molar refractivity (Wildman–Crippen MR) is 167 cm³/mol. The van der Waals surface area contributed by atoms with Crippen molar-refractivity contribution < 1.29 is 19.0 Å². The first kappa shape index (κ1) is 31.0. The molecule has 41 heavy (non-hydrogen) atoms. The van der Waals surface area contributed by atoms with Gasteiger partial charge in [-0.15, -0.1) is 21.5 Å². The minimum Gasteiger partial charge on any atom is -0.461 e. The fourth-order valence-corrected chi connectivity index (χ4v) is 6.53. The highest BCUT2D eigenvalue weighted by Crippen LogP contribution is 2.30. The van der Waals surface area contributed by atoms with Crippen LogP contribution >= 0.6 is 22.7 Å². The molecule has 3 heterocycles. The number of aryl methyl sites for hydroxylation is 1. The molecule has 0 unspecified atom stereocenters. The van der Waals surface area contributed by atoms with E-state index in [4.69, 9.17) is 19.2 Å². The molecule has 0 fully saturated rings. The highest BCUT2D eigenvalue weighted by atomic mass is 32.1. The van der Waals surface area contributed by atoms with Crippen molar-refractivity contribution in [3.8, 4) is 0 Å². The molecule has 0 aliphatic rings. The molecular formula is C28H38N6O4S2Si. The summed E-state index contributed by atoms with van der Waals surface area (Å²) in [4.78, 5) is 24.4. The van der Waals surface area contributed by atoms with Crippen LogP contribution in [0.25, 0.3) is 10.2 Å². The number of para-hydroxylation sites is 1. The Kier molecular flexibility index (Phi) is 10.8. The van der Waals surface area contributed by atoms with Crippen LogP contribution in [0.15, 0.2) is 40.7 Å². The zero-order valence-electron chi connectivity index (χ0n) is 24.5. The van der Waals surface area contributed by atoms with E-state index in [0.29, 0.717) is 43.3 Å². The zero-order valence-corrected chi connectivity index (χ0v) is 27.2. The molecule has 4 aromatic rings. The summed E-state index contributed by atoms with van der Waals surface area (Å²) in [5.74, 6) is 0.727. The van der Waals surface area contributed by atoms with Crippen LogP contribution < -0.4 is 9.70 Å². The number of esters is 1. The lowest BCUT2D eigenvalue weighted by Gasteiger charge is -2.20. The molecular weight excluding hydrogens is 577 g/mol. The average Bonchev–Trinajstić information content (AvgIpc) is 3.55. The lowest BCUT2D eigenvalue weighted by atomic mass is 10.3. The second-order valence-corrected chi connectivity index (χ2v) is 18.2. The lowest BCUT2D eigenvalue weighted by Crippen LogP contribution is -2.23. The predicted octanol–water partition coefficient (Wildman–Crippen LogP) is 6.15. The summed E-state index contributed by atoms with van der Waals surface area (Å²) in [6.45, 7) is 13.4. The Bertz CT molecular complexity index is 1530. The maximum Gasteiger partial charge on any atom is 0.357 e. The van der Waals surface area contributed by atoms with Gasteiger partial charge in [0.05, 0.1) is 16.8 Å². The number of aromatic nitrogens is 4. The fourth-order valence-electron chi connectivity index (χ4n) is 3.92. The Hall–Kier alpha value is -2.97. The molecule has 0 N–H and O–H groups in total. The van der Waals surface area contributed by atoms with E-state index in [-0.39, 0.29) is 5.69 Å². The first-order valence-corrected chi connectivity index (χ1v) is 19.0. The number of thiazole rings is 2. The van der Waals surface area contributed by atoms with Crippen LogP contribution in [0.1, 0.15) is 29.4 Å². The van der Waals surface area contributed by atoms with E-state index >= 15 is 0 Å². The summed E-state index contributed by atoms with van der Waals surface area (Å²) >= 11 is 2.96. The van der Waals surface area contributed by atoms with Crippen molar-refractivity contribution in [3.05, 3.63) is 51.8 Å². The second kappa shape index (κ2) is 14.3. The summed E-state index contributed by atoms with van der Waals surface area (Å²) < 4.78 is 19.7. The van der Waals surface area contributed by atoms with Crippen molar-refractivity contribution in [1.82, 2.24) is 19.7 Å². The topological polar surface area (TPSA) is 104 Å². The van der Waals surface area contributed by atoms with E-state index in [1.54, 1.807) is 30.8 Å². The molecule has 0 spiro atoms. The number of fused-ring (bicyclic) bond motifs is 1. The lowest BCUT2D eigenvalue weighted by molar-refractivity contribution is 0.0520. The van der Waals surface area contributed by atoms with Crippen LogP contribution in [0.5, 0.6) is 0 Å². The van der Waals surface area contributed by atoms with Gasteiger partial charge in [0.15, 0.2) is 27.3 Å². The number of benzene rings is 1. The van der Waals surface area contributed by atoms with Crippen molar-refractivity contribution >= 4 is 63.7 Å². The molecule has 0 saturated carbocycles. The van der Waals surface area contributed by atoms with E-state index in [0.717, 1.165) is 39.7 Å². The number of rotatable bonds is 14. The summed E-state index contributed by atoms with van der Waals surface area (Å²) in [6, 6.07) is 11.3. The Morgan fingerprint density at radius 1 is 1.17 bits per heavy atom. The Labute approximate surface area is 249 Å². The number of carbonyl (C=O) groups excluding carboxylic acids is 1. The molecule has 10 nitrogen and oxygen atoms in total. The van der Waals surface area contributed by atoms with Crippen LogP contribution in [-0.4, -0.2) is 67.3 Å². The largest absolute Gasteiger partial charge is 0.461 e. The van der Waals surface area contributed by atoms with Gasteiger partial charge in [-0.2, -0.15) is 4.99 Å². The van der Waals surface area contributed by atoms with Gasteiger partial charge in [-0.05, 0) is 50.1 Å². The number of carbonyl (C=O) groups is 1. The molecule has 0 amide bonds. The highest BCUT2D eigenvalue weighted by Gasteiger charge is 2.20. The van der Waals surface area contributed by atoms with E-state index in [1.165, 1.54) is 11.3 Å². The smallest absolute Gasteiger partial charge is 0.357 e. The van der Waals surface area contributed by atoms with Crippen LogP contribution in [-0.2, 0) is 20.9 Å². The van der Waals surface area contributed by atoms with Gasteiger partial charge in [0.1, 0.15) is 6.73 Å². The van der Waals surface area contributed by atoms with E-state index in [1.807, 2.05) is 30.0 Å². The van der Waals surface area contributed by atoms with Crippen molar-refractivity contribution in [3.63, 3.8) is 0 Å². The first-order chi connectivity index (χ1) is 19.7. The van der Waals surface area contributed by atoms with Crippen molar-refractivity contribution in [2.75, 3.05) is 38.4 Å². The SMILES string of the molecule is CCOC(=O)c1csc(N(CCCOC)c2cc(C)c(N=c3sc4ccccc4n3COCC[Si](C)(C)C)nn2)n1. The third kappa shape index (κ3) is 8.29. The normalized spacial score (nSPS) is 12.3. The van der Waals surface area contributed by atoms with Crippen molar-refractivity contribution in [2.45, 2.75) is 52.7 Å². The van der Waals surface area contributed by atoms with Crippen LogP contribution in [0.2, 0.25) is 25.7 Å². The van der Waals surface area contributed by atoms with Crippen LogP contribution in [0, 0.1) is 6.92 Å². The number of ether oxygens (including phenoxy) is 3. The molecule has 13 heteroatoms. The molecule has 1 aromatic carbocycles. The number of hydrogen-bond acceptors (Lipinski definition) is 11. The summed E-state index contributed by atoms with van der Waals surface area (Å²) in [5.41, 5.74) is 2.23. The van der Waals surface area contributed by atoms with Crippen LogP contribution in [0.4, 0.5) is 16.8 Å².